The minimum atomic E-state index is -0.372. The Kier molecular flexibility index (Phi) is 5.48. The monoisotopic (exact) mass is 376 g/mol. The first-order valence-corrected chi connectivity index (χ1v) is 9.78. The number of anilines is 1. The maximum atomic E-state index is 10.8. The molecule has 0 unspecified atom stereocenters. The molecule has 0 aliphatic carbocycles. The van der Waals surface area contributed by atoms with Gasteiger partial charge in [-0.3, -0.25) is 10.1 Å². The SMILES string of the molecule is O=[N+]([O-])c1ccc(CNCc2cc3ccccc3nc2N2CCCCC2)cc1. The van der Waals surface area contributed by atoms with Crippen molar-refractivity contribution in [1.82, 2.24) is 10.3 Å². The second-order valence-corrected chi connectivity index (χ2v) is 7.24. The molecule has 1 saturated heterocycles. The molecule has 3 aromatic rings. The summed E-state index contributed by atoms with van der Waals surface area (Å²) < 4.78 is 0. The van der Waals surface area contributed by atoms with E-state index < -0.39 is 0 Å². The highest BCUT2D eigenvalue weighted by molar-refractivity contribution is 5.81. The highest BCUT2D eigenvalue weighted by Gasteiger charge is 2.17. The molecule has 1 aliphatic rings. The first-order valence-electron chi connectivity index (χ1n) is 9.78. The largest absolute Gasteiger partial charge is 0.356 e. The van der Waals surface area contributed by atoms with Crippen molar-refractivity contribution in [1.29, 1.82) is 0 Å². The van der Waals surface area contributed by atoms with Crippen molar-refractivity contribution in [2.45, 2.75) is 32.4 Å². The minimum absolute atomic E-state index is 0.120. The highest BCUT2D eigenvalue weighted by atomic mass is 16.6. The van der Waals surface area contributed by atoms with Crippen LogP contribution in [0.25, 0.3) is 10.9 Å². The summed E-state index contributed by atoms with van der Waals surface area (Å²) in [5.41, 5.74) is 3.37. The molecule has 4 rings (SSSR count). The van der Waals surface area contributed by atoms with Crippen molar-refractivity contribution < 1.29 is 4.92 Å². The Bertz CT molecular complexity index is 966. The number of nitrogens with zero attached hydrogens (tertiary/aromatic N) is 3. The molecule has 2 heterocycles. The van der Waals surface area contributed by atoms with Crippen LogP contribution in [-0.4, -0.2) is 23.0 Å². The zero-order valence-electron chi connectivity index (χ0n) is 15.8. The van der Waals surface area contributed by atoms with Crippen molar-refractivity contribution in [2.75, 3.05) is 18.0 Å². The zero-order valence-corrected chi connectivity index (χ0v) is 15.8. The number of non-ortho nitro benzene ring substituents is 1. The number of fused-ring (bicyclic) bond motifs is 1. The molecule has 0 amide bonds. The van der Waals surface area contributed by atoms with Gasteiger partial charge in [-0.1, -0.05) is 30.3 Å². The Hall–Kier alpha value is -2.99. The first kappa shape index (κ1) is 18.4. The van der Waals surface area contributed by atoms with E-state index in [1.165, 1.54) is 24.8 Å². The molecule has 1 N–H and O–H groups in total. The summed E-state index contributed by atoms with van der Waals surface area (Å²) in [6.45, 7) is 3.48. The zero-order chi connectivity index (χ0) is 19.3. The molecule has 0 spiro atoms. The third-order valence-electron chi connectivity index (χ3n) is 5.23. The van der Waals surface area contributed by atoms with Gasteiger partial charge in [0.15, 0.2) is 0 Å². The molecule has 1 aliphatic heterocycles. The molecule has 0 saturated carbocycles. The molecule has 2 aromatic carbocycles. The molecule has 1 fully saturated rings. The van der Waals surface area contributed by atoms with Gasteiger partial charge in [0.05, 0.1) is 10.4 Å². The number of nitro groups is 1. The summed E-state index contributed by atoms with van der Waals surface area (Å²) in [5, 5.41) is 15.4. The molecular formula is C22H24N4O2. The van der Waals surface area contributed by atoms with Crippen LogP contribution in [0.15, 0.2) is 54.6 Å². The molecule has 1 aromatic heterocycles. The van der Waals surface area contributed by atoms with Gasteiger partial charge in [0.1, 0.15) is 5.82 Å². The summed E-state index contributed by atoms with van der Waals surface area (Å²) in [5.74, 6) is 1.08. The van der Waals surface area contributed by atoms with Crippen molar-refractivity contribution in [3.05, 3.63) is 75.8 Å². The Morgan fingerprint density at radius 3 is 2.50 bits per heavy atom. The van der Waals surface area contributed by atoms with E-state index in [0.29, 0.717) is 13.1 Å². The Morgan fingerprint density at radius 2 is 1.75 bits per heavy atom. The average Bonchev–Trinajstić information content (AvgIpc) is 2.74. The average molecular weight is 376 g/mol. The smallest absolute Gasteiger partial charge is 0.269 e. The van der Waals surface area contributed by atoms with Crippen molar-refractivity contribution in [3.63, 3.8) is 0 Å². The summed E-state index contributed by atoms with van der Waals surface area (Å²) in [6.07, 6.45) is 3.71. The predicted molar refractivity (Wildman–Crippen MR) is 111 cm³/mol. The number of hydrogen-bond donors (Lipinski definition) is 1. The van der Waals surface area contributed by atoms with Crippen LogP contribution in [0.3, 0.4) is 0 Å². The fourth-order valence-corrected chi connectivity index (χ4v) is 3.74. The quantitative estimate of drug-likeness (QED) is 0.509. The fourth-order valence-electron chi connectivity index (χ4n) is 3.74. The van der Waals surface area contributed by atoms with Gasteiger partial charge in [0.25, 0.3) is 5.69 Å². The van der Waals surface area contributed by atoms with Gasteiger partial charge in [0, 0.05) is 49.3 Å². The number of nitro benzene ring substituents is 1. The fraction of sp³-hybridized carbons (Fsp3) is 0.318. The molecule has 6 heteroatoms. The van der Waals surface area contributed by atoms with Crippen molar-refractivity contribution >= 4 is 22.4 Å². The van der Waals surface area contributed by atoms with Gasteiger partial charge in [-0.25, -0.2) is 4.98 Å². The molecule has 144 valence electrons. The number of nitrogens with one attached hydrogen (secondary N) is 1. The molecule has 6 nitrogen and oxygen atoms in total. The van der Waals surface area contributed by atoms with Crippen molar-refractivity contribution in [3.8, 4) is 0 Å². The van der Waals surface area contributed by atoms with Crippen LogP contribution in [-0.2, 0) is 13.1 Å². The van der Waals surface area contributed by atoms with Crippen LogP contribution >= 0.6 is 0 Å². The third kappa shape index (κ3) is 4.12. The summed E-state index contributed by atoms with van der Waals surface area (Å²) in [7, 11) is 0. The highest BCUT2D eigenvalue weighted by Crippen LogP contribution is 2.26. The van der Waals surface area contributed by atoms with E-state index in [2.05, 4.69) is 28.4 Å². The van der Waals surface area contributed by atoms with Crippen LogP contribution in [0.2, 0.25) is 0 Å². The number of piperidine rings is 1. The van der Waals surface area contributed by atoms with E-state index in [0.717, 1.165) is 35.4 Å². The molecule has 0 atom stereocenters. The number of aromatic nitrogens is 1. The van der Waals surface area contributed by atoms with E-state index in [-0.39, 0.29) is 10.6 Å². The van der Waals surface area contributed by atoms with E-state index >= 15 is 0 Å². The molecular weight excluding hydrogens is 352 g/mol. The second-order valence-electron chi connectivity index (χ2n) is 7.24. The normalized spacial score (nSPS) is 14.4. The molecule has 28 heavy (non-hydrogen) atoms. The van der Waals surface area contributed by atoms with Gasteiger partial charge < -0.3 is 10.2 Å². The van der Waals surface area contributed by atoms with Crippen LogP contribution in [0.5, 0.6) is 0 Å². The summed E-state index contributed by atoms with van der Waals surface area (Å²) >= 11 is 0. The van der Waals surface area contributed by atoms with Crippen LogP contribution < -0.4 is 10.2 Å². The van der Waals surface area contributed by atoms with Crippen LogP contribution in [0.4, 0.5) is 11.5 Å². The lowest BCUT2D eigenvalue weighted by Crippen LogP contribution is -2.31. The van der Waals surface area contributed by atoms with Gasteiger partial charge in [-0.2, -0.15) is 0 Å². The maximum absolute atomic E-state index is 10.8. The number of rotatable bonds is 6. The number of pyridine rings is 1. The lowest BCUT2D eigenvalue weighted by atomic mass is 10.1. The summed E-state index contributed by atoms with van der Waals surface area (Å²) in [6, 6.07) is 17.2. The van der Waals surface area contributed by atoms with E-state index in [1.54, 1.807) is 24.3 Å². The molecule has 0 radical (unpaired) electrons. The first-order chi connectivity index (χ1) is 13.7. The maximum Gasteiger partial charge on any atom is 0.269 e. The van der Waals surface area contributed by atoms with Gasteiger partial charge in [-0.15, -0.1) is 0 Å². The van der Waals surface area contributed by atoms with E-state index in [1.807, 2.05) is 12.1 Å². The van der Waals surface area contributed by atoms with Crippen molar-refractivity contribution in [2.24, 2.45) is 0 Å². The van der Waals surface area contributed by atoms with E-state index in [9.17, 15) is 10.1 Å². The van der Waals surface area contributed by atoms with Gasteiger partial charge >= 0.3 is 0 Å². The topological polar surface area (TPSA) is 71.3 Å². The standard InChI is InChI=1S/C22H24N4O2/c27-26(28)20-10-8-17(9-11-20)15-23-16-19-14-18-6-2-3-7-21(18)24-22(19)25-12-4-1-5-13-25/h2-3,6-11,14,23H,1,4-5,12-13,15-16H2. The van der Waals surface area contributed by atoms with Gasteiger partial charge in [-0.05, 0) is 37.0 Å². The Balaban J connectivity index is 1.52. The Labute approximate surface area is 164 Å². The van der Waals surface area contributed by atoms with E-state index in [4.69, 9.17) is 4.98 Å². The minimum Gasteiger partial charge on any atom is -0.356 e. The number of hydrogen-bond acceptors (Lipinski definition) is 5. The second kappa shape index (κ2) is 8.35. The third-order valence-corrected chi connectivity index (χ3v) is 5.23. The number of benzene rings is 2. The lowest BCUT2D eigenvalue weighted by Gasteiger charge is -2.30. The predicted octanol–water partition coefficient (Wildman–Crippen LogP) is 4.42. The van der Waals surface area contributed by atoms with Gasteiger partial charge in [0.2, 0.25) is 0 Å². The Morgan fingerprint density at radius 1 is 1.00 bits per heavy atom. The van der Waals surface area contributed by atoms with Crippen LogP contribution in [0.1, 0.15) is 30.4 Å². The number of para-hydroxylation sites is 1. The summed E-state index contributed by atoms with van der Waals surface area (Å²) in [4.78, 5) is 17.8. The van der Waals surface area contributed by atoms with Crippen LogP contribution in [0, 0.1) is 10.1 Å². The lowest BCUT2D eigenvalue weighted by molar-refractivity contribution is -0.384. The molecule has 0 bridgehead atoms.